The van der Waals surface area contributed by atoms with Crippen LogP contribution >= 0.6 is 11.3 Å². The van der Waals surface area contributed by atoms with Gasteiger partial charge in [-0.15, -0.1) is 11.3 Å². The second-order valence-corrected chi connectivity index (χ2v) is 7.59. The molecule has 5 aromatic rings. The van der Waals surface area contributed by atoms with E-state index in [4.69, 9.17) is 0 Å². The molecule has 0 atom stereocenters. The minimum Gasteiger partial charge on any atom is -0.423 e. The highest BCUT2D eigenvalue weighted by Gasteiger charge is 2.14. The molecule has 0 saturated carbocycles. The maximum atomic E-state index is 9.48. The van der Waals surface area contributed by atoms with Gasteiger partial charge in [0.25, 0.3) is 0 Å². The van der Waals surface area contributed by atoms with E-state index in [0.29, 0.717) is 5.46 Å². The van der Waals surface area contributed by atoms with Gasteiger partial charge in [0.2, 0.25) is 0 Å². The van der Waals surface area contributed by atoms with Crippen molar-refractivity contribution < 1.29 is 10.0 Å². The lowest BCUT2D eigenvalue weighted by molar-refractivity contribution is 0.426. The minimum absolute atomic E-state index is 0.522. The van der Waals surface area contributed by atoms with Gasteiger partial charge in [0, 0.05) is 14.8 Å². The zero-order valence-electron chi connectivity index (χ0n) is 13.9. The first-order chi connectivity index (χ1) is 12.7. The Bertz CT molecular complexity index is 1270. The van der Waals surface area contributed by atoms with Crippen LogP contribution in [0.2, 0.25) is 0 Å². The molecule has 4 aromatic carbocycles. The molecule has 4 heteroatoms. The summed E-state index contributed by atoms with van der Waals surface area (Å²) in [6, 6.07) is 27.0. The second kappa shape index (κ2) is 5.96. The van der Waals surface area contributed by atoms with Crippen molar-refractivity contribution in [3.05, 3.63) is 78.9 Å². The molecule has 0 saturated heterocycles. The summed E-state index contributed by atoms with van der Waals surface area (Å²) < 4.78 is 2.36. The second-order valence-electron chi connectivity index (χ2n) is 6.50. The number of hydrogen-bond acceptors (Lipinski definition) is 3. The first kappa shape index (κ1) is 15.6. The van der Waals surface area contributed by atoms with Gasteiger partial charge in [-0.25, -0.2) is 0 Å². The van der Waals surface area contributed by atoms with E-state index in [9.17, 15) is 10.0 Å². The third-order valence-electron chi connectivity index (χ3n) is 4.87. The number of hydrogen-bond donors (Lipinski definition) is 2. The van der Waals surface area contributed by atoms with Crippen LogP contribution in [0.25, 0.3) is 42.1 Å². The van der Waals surface area contributed by atoms with Crippen molar-refractivity contribution in [1.29, 1.82) is 0 Å². The summed E-state index contributed by atoms with van der Waals surface area (Å²) in [5.41, 5.74) is 2.87. The van der Waals surface area contributed by atoms with Crippen LogP contribution in [0.5, 0.6) is 0 Å². The molecule has 0 aliphatic rings. The first-order valence-electron chi connectivity index (χ1n) is 8.50. The molecule has 0 fully saturated rings. The van der Waals surface area contributed by atoms with Crippen LogP contribution in [0.4, 0.5) is 0 Å². The fourth-order valence-corrected chi connectivity index (χ4v) is 4.57. The van der Waals surface area contributed by atoms with Gasteiger partial charge in [0.05, 0.1) is 0 Å². The Morgan fingerprint density at radius 3 is 2.08 bits per heavy atom. The van der Waals surface area contributed by atoms with Gasteiger partial charge >= 0.3 is 7.12 Å². The molecule has 0 unspecified atom stereocenters. The molecule has 2 nitrogen and oxygen atoms in total. The van der Waals surface area contributed by atoms with E-state index >= 15 is 0 Å². The predicted molar refractivity (Wildman–Crippen MR) is 112 cm³/mol. The van der Waals surface area contributed by atoms with E-state index < -0.39 is 7.12 Å². The van der Waals surface area contributed by atoms with E-state index in [0.717, 1.165) is 21.0 Å². The summed E-state index contributed by atoms with van der Waals surface area (Å²) in [5, 5.41) is 23.7. The van der Waals surface area contributed by atoms with Crippen LogP contribution in [0.3, 0.4) is 0 Å². The Balaban J connectivity index is 1.72. The Morgan fingerprint density at radius 1 is 0.615 bits per heavy atom. The smallest absolute Gasteiger partial charge is 0.423 e. The molecule has 5 rings (SSSR count). The zero-order valence-corrected chi connectivity index (χ0v) is 14.7. The Morgan fingerprint density at radius 2 is 1.27 bits per heavy atom. The van der Waals surface area contributed by atoms with Crippen molar-refractivity contribution >= 4 is 54.9 Å². The van der Waals surface area contributed by atoms with Gasteiger partial charge in [-0.2, -0.15) is 0 Å². The third-order valence-corrected chi connectivity index (χ3v) is 6.03. The fraction of sp³-hybridized carbons (Fsp3) is 0. The Kier molecular flexibility index (Phi) is 3.57. The average molecular weight is 354 g/mol. The maximum Gasteiger partial charge on any atom is 0.488 e. The van der Waals surface area contributed by atoms with Gasteiger partial charge in [-0.1, -0.05) is 54.6 Å². The molecule has 1 heterocycles. The highest BCUT2D eigenvalue weighted by Crippen LogP contribution is 2.36. The molecule has 0 aliphatic heterocycles. The van der Waals surface area contributed by atoms with Crippen LogP contribution in [0, 0.1) is 0 Å². The van der Waals surface area contributed by atoms with Crippen LogP contribution in [-0.4, -0.2) is 17.2 Å². The molecule has 0 aliphatic carbocycles. The maximum absolute atomic E-state index is 9.48. The fourth-order valence-electron chi connectivity index (χ4n) is 3.50. The predicted octanol–water partition coefficient (Wildman–Crippen LogP) is 4.55. The molecule has 0 amide bonds. The molecule has 0 spiro atoms. The van der Waals surface area contributed by atoms with Gasteiger partial charge in [0.1, 0.15) is 0 Å². The Hall–Kier alpha value is -2.66. The molecule has 1 aromatic heterocycles. The molecule has 2 N–H and O–H groups in total. The first-order valence-corrected chi connectivity index (χ1v) is 9.32. The number of thiophene rings is 1. The topological polar surface area (TPSA) is 40.5 Å². The summed E-state index contributed by atoms with van der Waals surface area (Å²) in [6.45, 7) is 0. The van der Waals surface area contributed by atoms with E-state index in [1.165, 1.54) is 21.0 Å². The summed E-state index contributed by atoms with van der Waals surface area (Å²) in [4.78, 5) is 0. The number of fused-ring (bicyclic) bond motifs is 4. The average Bonchev–Trinajstić information content (AvgIpc) is 3.04. The van der Waals surface area contributed by atoms with Crippen molar-refractivity contribution in [2.24, 2.45) is 0 Å². The minimum atomic E-state index is -1.45. The lowest BCUT2D eigenvalue weighted by Gasteiger charge is -2.05. The van der Waals surface area contributed by atoms with E-state index in [1.54, 1.807) is 17.4 Å². The monoisotopic (exact) mass is 354 g/mol. The van der Waals surface area contributed by atoms with Gasteiger partial charge < -0.3 is 10.0 Å². The molecule has 0 bridgehead atoms. The standard InChI is InChI=1S/C22H15BO2S/c24-23(25)18-8-10-22-20(13-18)19-12-17(7-9-21(19)26-22)16-6-5-14-3-1-2-4-15(14)11-16/h1-13,24-25H. The van der Waals surface area contributed by atoms with Gasteiger partial charge in [-0.05, 0) is 57.0 Å². The van der Waals surface area contributed by atoms with Crippen molar-refractivity contribution in [1.82, 2.24) is 0 Å². The molecule has 26 heavy (non-hydrogen) atoms. The highest BCUT2D eigenvalue weighted by molar-refractivity contribution is 7.25. The summed E-state index contributed by atoms with van der Waals surface area (Å²) in [7, 11) is -1.45. The summed E-state index contributed by atoms with van der Waals surface area (Å²) in [6.07, 6.45) is 0. The SMILES string of the molecule is OB(O)c1ccc2sc3ccc(-c4ccc5ccccc5c4)cc3c2c1. The van der Waals surface area contributed by atoms with Gasteiger partial charge in [-0.3, -0.25) is 0 Å². The number of rotatable bonds is 2. The largest absolute Gasteiger partial charge is 0.488 e. The van der Waals surface area contributed by atoms with Crippen molar-refractivity contribution in [2.75, 3.05) is 0 Å². The van der Waals surface area contributed by atoms with Crippen LogP contribution in [0.15, 0.2) is 78.9 Å². The van der Waals surface area contributed by atoms with E-state index in [1.807, 2.05) is 12.1 Å². The summed E-state index contributed by atoms with van der Waals surface area (Å²) >= 11 is 1.73. The van der Waals surface area contributed by atoms with Gasteiger partial charge in [0.15, 0.2) is 0 Å². The molecule has 124 valence electrons. The molecule has 0 radical (unpaired) electrons. The zero-order chi connectivity index (χ0) is 17.7. The van der Waals surface area contributed by atoms with Crippen molar-refractivity contribution in [2.45, 2.75) is 0 Å². The van der Waals surface area contributed by atoms with Crippen LogP contribution in [0.1, 0.15) is 0 Å². The normalized spacial score (nSPS) is 11.5. The van der Waals surface area contributed by atoms with Crippen molar-refractivity contribution in [3.63, 3.8) is 0 Å². The van der Waals surface area contributed by atoms with E-state index in [-0.39, 0.29) is 0 Å². The highest BCUT2D eigenvalue weighted by atomic mass is 32.1. The van der Waals surface area contributed by atoms with E-state index in [2.05, 4.69) is 60.7 Å². The lowest BCUT2D eigenvalue weighted by Crippen LogP contribution is -2.29. The summed E-state index contributed by atoms with van der Waals surface area (Å²) in [5.74, 6) is 0. The Labute approximate surface area is 155 Å². The molecular weight excluding hydrogens is 339 g/mol. The van der Waals surface area contributed by atoms with Crippen LogP contribution < -0.4 is 5.46 Å². The van der Waals surface area contributed by atoms with Crippen LogP contribution in [-0.2, 0) is 0 Å². The number of benzene rings is 4. The third kappa shape index (κ3) is 2.51. The van der Waals surface area contributed by atoms with Crippen molar-refractivity contribution in [3.8, 4) is 11.1 Å². The quantitative estimate of drug-likeness (QED) is 0.457. The molecular formula is C22H15BO2S. The lowest BCUT2D eigenvalue weighted by atomic mass is 9.80.